The van der Waals surface area contributed by atoms with Crippen LogP contribution in [0.25, 0.3) is 10.9 Å². The van der Waals surface area contributed by atoms with Gasteiger partial charge in [0, 0.05) is 29.3 Å². The quantitative estimate of drug-likeness (QED) is 0.530. The molecule has 0 spiro atoms. The van der Waals surface area contributed by atoms with Gasteiger partial charge in [0.05, 0.1) is 30.0 Å². The average molecular weight is 471 g/mol. The van der Waals surface area contributed by atoms with Crippen LogP contribution in [-0.2, 0) is 30.9 Å². The lowest BCUT2D eigenvalue weighted by Gasteiger charge is -2.30. The number of sulfonamides is 1. The highest BCUT2D eigenvalue weighted by molar-refractivity contribution is 7.89. The fourth-order valence-corrected chi connectivity index (χ4v) is 5.23. The molecule has 8 nitrogen and oxygen atoms in total. The van der Waals surface area contributed by atoms with Gasteiger partial charge in [0.1, 0.15) is 12.4 Å². The van der Waals surface area contributed by atoms with Crippen LogP contribution in [0.1, 0.15) is 17.7 Å². The van der Waals surface area contributed by atoms with Gasteiger partial charge in [-0.15, -0.1) is 0 Å². The Morgan fingerprint density at radius 3 is 2.70 bits per heavy atom. The van der Waals surface area contributed by atoms with Gasteiger partial charge in [-0.1, -0.05) is 18.2 Å². The summed E-state index contributed by atoms with van der Waals surface area (Å²) in [5, 5.41) is 1.02. The van der Waals surface area contributed by atoms with Crippen LogP contribution in [0.15, 0.2) is 59.5 Å². The molecule has 1 fully saturated rings. The number of nitrogens with zero attached hydrogens (tertiary/aromatic N) is 1. The molecule has 174 valence electrons. The third kappa shape index (κ3) is 5.32. The molecule has 2 heterocycles. The molecule has 9 heteroatoms. The summed E-state index contributed by atoms with van der Waals surface area (Å²) < 4.78 is 44.4. The maximum Gasteiger partial charge on any atom is 0.312 e. The van der Waals surface area contributed by atoms with E-state index in [1.54, 1.807) is 12.1 Å². The summed E-state index contributed by atoms with van der Waals surface area (Å²) in [4.78, 5) is 16.6. The van der Waals surface area contributed by atoms with Gasteiger partial charge >= 0.3 is 5.97 Å². The van der Waals surface area contributed by atoms with Crippen LogP contribution in [0.4, 0.5) is 0 Å². The first-order chi connectivity index (χ1) is 15.9. The number of aryl methyl sites for hydroxylation is 1. The van der Waals surface area contributed by atoms with Crippen molar-refractivity contribution in [2.45, 2.75) is 30.9 Å². The highest BCUT2D eigenvalue weighted by Crippen LogP contribution is 2.23. The number of pyridine rings is 1. The zero-order valence-electron chi connectivity index (χ0n) is 18.5. The fourth-order valence-electron chi connectivity index (χ4n) is 3.92. The number of para-hydroxylation sites is 1. The van der Waals surface area contributed by atoms with Crippen molar-refractivity contribution in [2.24, 2.45) is 5.92 Å². The van der Waals surface area contributed by atoms with Crippen molar-refractivity contribution in [3.05, 3.63) is 65.9 Å². The maximum atomic E-state index is 12.9. The van der Waals surface area contributed by atoms with E-state index in [0.29, 0.717) is 25.4 Å². The Morgan fingerprint density at radius 1 is 1.18 bits per heavy atom. The molecule has 0 bridgehead atoms. The number of carbonyl (C=O) groups excluding carboxylic acids is 1. The molecule has 2 aromatic carbocycles. The van der Waals surface area contributed by atoms with E-state index in [1.807, 2.05) is 37.3 Å². The summed E-state index contributed by atoms with van der Waals surface area (Å²) in [6, 6.07) is 15.5. The van der Waals surface area contributed by atoms with Crippen LogP contribution in [0.2, 0.25) is 0 Å². The largest absolute Gasteiger partial charge is 0.489 e. The molecule has 0 aliphatic carbocycles. The zero-order chi connectivity index (χ0) is 23.4. The molecule has 0 saturated carbocycles. The van der Waals surface area contributed by atoms with Gasteiger partial charge in [0.2, 0.25) is 10.0 Å². The summed E-state index contributed by atoms with van der Waals surface area (Å²) >= 11 is 0. The van der Waals surface area contributed by atoms with Crippen LogP contribution in [-0.4, -0.2) is 45.7 Å². The Bertz CT molecular complexity index is 1240. The van der Waals surface area contributed by atoms with Crippen molar-refractivity contribution in [3.8, 4) is 5.75 Å². The summed E-state index contributed by atoms with van der Waals surface area (Å²) in [6.45, 7) is 2.76. The Morgan fingerprint density at radius 2 is 1.94 bits per heavy atom. The number of methoxy groups -OCH3 is 1. The number of benzene rings is 2. The SMILES string of the molecule is COC(=O)C1COCCC1NS(=O)(=O)c1ccc(OCc2cc(C)nc3ccccc23)cc1. The zero-order valence-corrected chi connectivity index (χ0v) is 19.3. The minimum Gasteiger partial charge on any atom is -0.489 e. The van der Waals surface area contributed by atoms with Crippen molar-refractivity contribution in [1.82, 2.24) is 9.71 Å². The summed E-state index contributed by atoms with van der Waals surface area (Å²) in [5.74, 6) is -0.629. The monoisotopic (exact) mass is 470 g/mol. The number of nitrogens with one attached hydrogen (secondary N) is 1. The Balaban J connectivity index is 1.45. The Kier molecular flexibility index (Phi) is 6.92. The minimum atomic E-state index is -3.83. The second kappa shape index (κ2) is 9.86. The van der Waals surface area contributed by atoms with Gasteiger partial charge in [0.25, 0.3) is 0 Å². The number of rotatable bonds is 7. The number of esters is 1. The van der Waals surface area contributed by atoms with Gasteiger partial charge in [-0.05, 0) is 49.7 Å². The molecule has 1 aromatic heterocycles. The van der Waals surface area contributed by atoms with E-state index in [-0.39, 0.29) is 11.5 Å². The first kappa shape index (κ1) is 23.2. The van der Waals surface area contributed by atoms with E-state index in [1.165, 1.54) is 19.2 Å². The van der Waals surface area contributed by atoms with Crippen molar-refractivity contribution in [3.63, 3.8) is 0 Å². The Hall–Kier alpha value is -3.01. The predicted octanol–water partition coefficient (Wildman–Crippen LogP) is 2.98. The van der Waals surface area contributed by atoms with Crippen LogP contribution in [0.5, 0.6) is 5.75 Å². The minimum absolute atomic E-state index is 0.0927. The normalized spacial score (nSPS) is 18.7. The molecule has 3 aromatic rings. The van der Waals surface area contributed by atoms with Gasteiger partial charge in [-0.3, -0.25) is 9.78 Å². The first-order valence-corrected chi connectivity index (χ1v) is 12.1. The molecular formula is C24H26N2O6S. The summed E-state index contributed by atoms with van der Waals surface area (Å²) in [7, 11) is -2.55. The lowest BCUT2D eigenvalue weighted by atomic mass is 9.97. The van der Waals surface area contributed by atoms with Gasteiger partial charge in [0.15, 0.2) is 0 Å². The van der Waals surface area contributed by atoms with Crippen LogP contribution < -0.4 is 9.46 Å². The molecule has 33 heavy (non-hydrogen) atoms. The van der Waals surface area contributed by atoms with Crippen molar-refractivity contribution < 1.29 is 27.4 Å². The van der Waals surface area contributed by atoms with E-state index >= 15 is 0 Å². The standard InChI is InChI=1S/C24H26N2O6S/c1-16-13-17(20-5-3-4-6-22(20)25-16)14-32-18-7-9-19(10-8-18)33(28,29)26-23-11-12-31-15-21(23)24(27)30-2/h3-10,13,21,23,26H,11-12,14-15H2,1-2H3. The van der Waals surface area contributed by atoms with E-state index in [9.17, 15) is 13.2 Å². The Labute approximate surface area is 192 Å². The molecule has 1 aliphatic rings. The molecule has 1 N–H and O–H groups in total. The number of ether oxygens (including phenoxy) is 3. The maximum absolute atomic E-state index is 12.9. The molecule has 1 saturated heterocycles. The molecule has 0 radical (unpaired) electrons. The second-order valence-electron chi connectivity index (χ2n) is 7.92. The molecule has 2 atom stereocenters. The highest BCUT2D eigenvalue weighted by Gasteiger charge is 2.35. The van der Waals surface area contributed by atoms with Crippen molar-refractivity contribution >= 4 is 26.9 Å². The average Bonchev–Trinajstić information content (AvgIpc) is 2.82. The van der Waals surface area contributed by atoms with Gasteiger partial charge in [-0.2, -0.15) is 0 Å². The molecule has 0 amide bonds. The highest BCUT2D eigenvalue weighted by atomic mass is 32.2. The van der Waals surface area contributed by atoms with Crippen LogP contribution >= 0.6 is 0 Å². The van der Waals surface area contributed by atoms with E-state index < -0.39 is 28.0 Å². The third-order valence-electron chi connectivity index (χ3n) is 5.63. The van der Waals surface area contributed by atoms with Gasteiger partial charge < -0.3 is 14.2 Å². The fraction of sp³-hybridized carbons (Fsp3) is 0.333. The van der Waals surface area contributed by atoms with E-state index in [4.69, 9.17) is 14.2 Å². The number of hydrogen-bond donors (Lipinski definition) is 1. The molecule has 2 unspecified atom stereocenters. The summed E-state index contributed by atoms with van der Waals surface area (Å²) in [6.07, 6.45) is 0.388. The van der Waals surface area contributed by atoms with Crippen molar-refractivity contribution in [1.29, 1.82) is 0 Å². The first-order valence-electron chi connectivity index (χ1n) is 10.6. The van der Waals surface area contributed by atoms with Crippen molar-refractivity contribution in [2.75, 3.05) is 20.3 Å². The third-order valence-corrected chi connectivity index (χ3v) is 7.13. The van der Waals surface area contributed by atoms with Gasteiger partial charge in [-0.25, -0.2) is 13.1 Å². The number of carbonyl (C=O) groups is 1. The lowest BCUT2D eigenvalue weighted by molar-refractivity contribution is -0.150. The summed E-state index contributed by atoms with van der Waals surface area (Å²) in [5.41, 5.74) is 2.81. The topological polar surface area (TPSA) is 104 Å². The number of fused-ring (bicyclic) bond motifs is 1. The molecule has 1 aliphatic heterocycles. The second-order valence-corrected chi connectivity index (χ2v) is 9.63. The molecular weight excluding hydrogens is 444 g/mol. The van der Waals surface area contributed by atoms with Crippen LogP contribution in [0.3, 0.4) is 0 Å². The lowest BCUT2D eigenvalue weighted by Crippen LogP contribution is -2.48. The molecule has 4 rings (SSSR count). The smallest absolute Gasteiger partial charge is 0.312 e. The van der Waals surface area contributed by atoms with E-state index in [2.05, 4.69) is 9.71 Å². The van der Waals surface area contributed by atoms with Crippen LogP contribution in [0, 0.1) is 12.8 Å². The van der Waals surface area contributed by atoms with E-state index in [0.717, 1.165) is 22.2 Å². The number of hydrogen-bond acceptors (Lipinski definition) is 7. The predicted molar refractivity (Wildman–Crippen MR) is 122 cm³/mol. The number of aromatic nitrogens is 1.